The third kappa shape index (κ3) is 4.51. The molecular weight excluding hydrogens is 410 g/mol. The number of thiazole rings is 1. The summed E-state index contributed by atoms with van der Waals surface area (Å²) in [5.74, 6) is 0.763. The summed E-state index contributed by atoms with van der Waals surface area (Å²) in [6, 6.07) is 12.4. The topological polar surface area (TPSA) is 77.5 Å². The average Bonchev–Trinajstić information content (AvgIpc) is 3.43. The number of nitrogens with zero attached hydrogens (tertiary/aromatic N) is 4. The first-order valence-electron chi connectivity index (χ1n) is 10.8. The molecule has 2 N–H and O–H groups in total. The number of H-pyrrole nitrogens is 1. The molecule has 1 saturated heterocycles. The predicted octanol–water partition coefficient (Wildman–Crippen LogP) is 3.30. The molecule has 1 unspecified atom stereocenters. The van der Waals surface area contributed by atoms with E-state index in [1.807, 2.05) is 24.4 Å². The van der Waals surface area contributed by atoms with Crippen LogP contribution in [0.2, 0.25) is 0 Å². The van der Waals surface area contributed by atoms with Gasteiger partial charge in [-0.25, -0.2) is 4.98 Å². The van der Waals surface area contributed by atoms with Gasteiger partial charge in [0.05, 0.1) is 26.9 Å². The van der Waals surface area contributed by atoms with E-state index in [4.69, 9.17) is 4.74 Å². The average molecular weight is 438 g/mol. The lowest BCUT2D eigenvalue weighted by Gasteiger charge is -2.36. The van der Waals surface area contributed by atoms with Crippen LogP contribution in [0, 0.1) is 0 Å². The van der Waals surface area contributed by atoms with Gasteiger partial charge in [0.25, 0.3) is 0 Å². The quantitative estimate of drug-likeness (QED) is 0.462. The number of aliphatic hydroxyl groups is 1. The van der Waals surface area contributed by atoms with Crippen molar-refractivity contribution in [1.82, 2.24) is 20.1 Å². The molecule has 1 aliphatic heterocycles. The Bertz CT molecular complexity index is 1170. The summed E-state index contributed by atoms with van der Waals surface area (Å²) in [7, 11) is 0. The Balaban J connectivity index is 1.11. The van der Waals surface area contributed by atoms with Crippen LogP contribution in [0.15, 0.2) is 42.6 Å². The van der Waals surface area contributed by atoms with Crippen molar-refractivity contribution in [2.45, 2.75) is 19.4 Å². The van der Waals surface area contributed by atoms with Crippen molar-refractivity contribution in [1.29, 1.82) is 0 Å². The van der Waals surface area contributed by atoms with Crippen LogP contribution in [-0.2, 0) is 6.42 Å². The number of aromatic nitrogens is 3. The number of nitrogens with one attached hydrogen (secondary N) is 1. The Morgan fingerprint density at radius 2 is 2.03 bits per heavy atom. The van der Waals surface area contributed by atoms with E-state index in [1.54, 1.807) is 11.3 Å². The van der Waals surface area contributed by atoms with Gasteiger partial charge in [-0.3, -0.25) is 10.00 Å². The van der Waals surface area contributed by atoms with Crippen molar-refractivity contribution in [3.8, 4) is 5.75 Å². The van der Waals surface area contributed by atoms with E-state index in [9.17, 15) is 5.11 Å². The van der Waals surface area contributed by atoms with Crippen LogP contribution >= 0.6 is 11.3 Å². The summed E-state index contributed by atoms with van der Waals surface area (Å²) in [5, 5.41) is 19.9. The smallest absolute Gasteiger partial charge is 0.121 e. The van der Waals surface area contributed by atoms with Crippen molar-refractivity contribution in [2.75, 3.05) is 44.2 Å². The molecule has 0 saturated carbocycles. The zero-order valence-electron chi connectivity index (χ0n) is 17.6. The molecule has 0 amide bonds. The molecule has 8 heteroatoms. The zero-order valence-corrected chi connectivity index (χ0v) is 18.4. The van der Waals surface area contributed by atoms with Gasteiger partial charge >= 0.3 is 0 Å². The molecular formula is C23H27N5O2S. The molecule has 31 heavy (non-hydrogen) atoms. The van der Waals surface area contributed by atoms with Crippen molar-refractivity contribution < 1.29 is 9.84 Å². The van der Waals surface area contributed by atoms with Gasteiger partial charge in [-0.05, 0) is 36.8 Å². The lowest BCUT2D eigenvalue weighted by atomic mass is 10.2. The van der Waals surface area contributed by atoms with Gasteiger partial charge in [0.15, 0.2) is 0 Å². The summed E-state index contributed by atoms with van der Waals surface area (Å²) in [6.07, 6.45) is 2.28. The molecule has 2 aromatic heterocycles. The van der Waals surface area contributed by atoms with Gasteiger partial charge in [0.1, 0.15) is 18.5 Å². The van der Waals surface area contributed by atoms with Gasteiger partial charge in [0.2, 0.25) is 0 Å². The Morgan fingerprint density at radius 1 is 1.16 bits per heavy atom. The number of benzene rings is 2. The summed E-state index contributed by atoms with van der Waals surface area (Å²) in [6.45, 7) is 6.75. The molecule has 0 aliphatic carbocycles. The summed E-state index contributed by atoms with van der Waals surface area (Å²) >= 11 is 1.72. The number of hydrogen-bond acceptors (Lipinski definition) is 7. The zero-order chi connectivity index (χ0) is 21.2. The highest BCUT2D eigenvalue weighted by Crippen LogP contribution is 2.26. The van der Waals surface area contributed by atoms with Crippen molar-refractivity contribution in [3.05, 3.63) is 47.6 Å². The molecule has 3 heterocycles. The van der Waals surface area contributed by atoms with Gasteiger partial charge in [-0.1, -0.05) is 6.92 Å². The van der Waals surface area contributed by atoms with E-state index >= 15 is 0 Å². The number of β-amino-alcohol motifs (C(OH)–C–C–N with tert-alkyl or cyclic N) is 1. The van der Waals surface area contributed by atoms with Crippen molar-refractivity contribution in [3.63, 3.8) is 0 Å². The minimum absolute atomic E-state index is 0.285. The van der Waals surface area contributed by atoms with E-state index in [-0.39, 0.29) is 6.61 Å². The van der Waals surface area contributed by atoms with E-state index < -0.39 is 6.10 Å². The second kappa shape index (κ2) is 8.82. The SMILES string of the molecule is CCc1nc2cc(OCC(O)CN3CCN(c4ccc5[nH]ncc5c4)CC3)ccc2s1. The molecule has 1 aliphatic rings. The number of aromatic amines is 1. The van der Waals surface area contributed by atoms with Crippen LogP contribution in [0.4, 0.5) is 5.69 Å². The molecule has 162 valence electrons. The fourth-order valence-electron chi connectivity index (χ4n) is 4.05. The number of aliphatic hydroxyl groups excluding tert-OH is 1. The minimum atomic E-state index is -0.522. The maximum atomic E-state index is 10.5. The monoisotopic (exact) mass is 437 g/mol. The van der Waals surface area contributed by atoms with Crippen molar-refractivity contribution in [2.24, 2.45) is 0 Å². The van der Waals surface area contributed by atoms with Crippen LogP contribution in [0.5, 0.6) is 5.75 Å². The number of fused-ring (bicyclic) bond motifs is 2. The molecule has 7 nitrogen and oxygen atoms in total. The fraction of sp³-hybridized carbons (Fsp3) is 0.391. The standard InChI is InChI=1S/C23H27N5O2S/c1-2-23-25-21-12-19(4-6-22(21)31-23)30-15-18(29)14-27-7-9-28(10-8-27)17-3-5-20-16(11-17)13-24-26-20/h3-6,11-13,18,29H,2,7-10,14-15H2,1H3,(H,24,26). The molecule has 2 aromatic carbocycles. The molecule has 4 aromatic rings. The van der Waals surface area contributed by atoms with E-state index in [0.29, 0.717) is 6.54 Å². The number of piperazine rings is 1. The maximum Gasteiger partial charge on any atom is 0.121 e. The molecule has 1 atom stereocenters. The normalized spacial score (nSPS) is 16.3. The lowest BCUT2D eigenvalue weighted by Crippen LogP contribution is -2.49. The van der Waals surface area contributed by atoms with Gasteiger partial charge in [-0.2, -0.15) is 5.10 Å². The van der Waals surface area contributed by atoms with Crippen molar-refractivity contribution >= 4 is 38.1 Å². The van der Waals surface area contributed by atoms with Crippen LogP contribution in [-0.4, -0.2) is 70.6 Å². The Labute approximate surface area is 185 Å². The number of aryl methyl sites for hydroxylation is 1. The van der Waals surface area contributed by atoms with E-state index in [1.165, 1.54) is 10.4 Å². The number of ether oxygens (including phenoxy) is 1. The first-order valence-corrected chi connectivity index (χ1v) is 11.6. The maximum absolute atomic E-state index is 10.5. The van der Waals surface area contributed by atoms with Gasteiger partial charge in [0, 0.05) is 49.9 Å². The first-order chi connectivity index (χ1) is 15.2. The predicted molar refractivity (Wildman–Crippen MR) is 125 cm³/mol. The summed E-state index contributed by atoms with van der Waals surface area (Å²) < 4.78 is 7.03. The fourth-order valence-corrected chi connectivity index (χ4v) is 4.94. The largest absolute Gasteiger partial charge is 0.491 e. The molecule has 1 fully saturated rings. The third-order valence-corrected chi connectivity index (χ3v) is 6.96. The Morgan fingerprint density at radius 3 is 2.87 bits per heavy atom. The van der Waals surface area contributed by atoms with E-state index in [2.05, 4.69) is 50.1 Å². The highest BCUT2D eigenvalue weighted by Gasteiger charge is 2.20. The minimum Gasteiger partial charge on any atom is -0.491 e. The number of hydrogen-bond donors (Lipinski definition) is 2. The summed E-state index contributed by atoms with van der Waals surface area (Å²) in [4.78, 5) is 9.31. The van der Waals surface area contributed by atoms with Crippen LogP contribution in [0.25, 0.3) is 21.1 Å². The highest BCUT2D eigenvalue weighted by molar-refractivity contribution is 7.18. The Kier molecular flexibility index (Phi) is 5.76. The molecule has 5 rings (SSSR count). The number of anilines is 1. The third-order valence-electron chi connectivity index (χ3n) is 5.78. The van der Waals surface area contributed by atoms with Gasteiger partial charge in [-0.15, -0.1) is 11.3 Å². The lowest BCUT2D eigenvalue weighted by molar-refractivity contribution is 0.0663. The van der Waals surface area contributed by atoms with Crippen LogP contribution in [0.3, 0.4) is 0 Å². The molecule has 0 bridgehead atoms. The molecule has 0 spiro atoms. The Hall–Kier alpha value is -2.68. The van der Waals surface area contributed by atoms with Gasteiger partial charge < -0.3 is 14.7 Å². The second-order valence-corrected chi connectivity index (χ2v) is 9.10. The second-order valence-electron chi connectivity index (χ2n) is 7.98. The molecule has 0 radical (unpaired) electrons. The number of rotatable bonds is 7. The van der Waals surface area contributed by atoms with Crippen LogP contribution < -0.4 is 9.64 Å². The highest BCUT2D eigenvalue weighted by atomic mass is 32.1. The van der Waals surface area contributed by atoms with E-state index in [0.717, 1.165) is 59.8 Å². The summed E-state index contributed by atoms with van der Waals surface area (Å²) in [5.41, 5.74) is 3.25. The first kappa shape index (κ1) is 20.2. The van der Waals surface area contributed by atoms with Crippen LogP contribution in [0.1, 0.15) is 11.9 Å².